The first-order valence-corrected chi connectivity index (χ1v) is 6.73. The van der Waals surface area contributed by atoms with Gasteiger partial charge in [-0.2, -0.15) is 0 Å². The van der Waals surface area contributed by atoms with Gasteiger partial charge in [0, 0.05) is 17.7 Å². The van der Waals surface area contributed by atoms with E-state index in [1.54, 1.807) is 12.1 Å². The minimum Gasteiger partial charge on any atom is -0.310 e. The molecule has 4 heteroatoms. The van der Waals surface area contributed by atoms with E-state index in [4.69, 9.17) is 0 Å². The molecule has 0 amide bonds. The lowest BCUT2D eigenvalue weighted by molar-refractivity contribution is -0.385. The lowest BCUT2D eigenvalue weighted by Gasteiger charge is -2.18. The molecule has 0 fully saturated rings. The van der Waals surface area contributed by atoms with Gasteiger partial charge < -0.3 is 5.32 Å². The van der Waals surface area contributed by atoms with Gasteiger partial charge in [-0.3, -0.25) is 10.1 Å². The van der Waals surface area contributed by atoms with Crippen LogP contribution in [-0.4, -0.2) is 11.5 Å². The number of nitrogens with zero attached hydrogens (tertiary/aromatic N) is 1. The van der Waals surface area contributed by atoms with E-state index in [0.717, 1.165) is 24.1 Å². The van der Waals surface area contributed by atoms with E-state index < -0.39 is 0 Å². The number of nitro benzene ring substituents is 1. The minimum absolute atomic E-state index is 0.0519. The summed E-state index contributed by atoms with van der Waals surface area (Å²) in [6.45, 7) is 2.77. The molecule has 104 valence electrons. The van der Waals surface area contributed by atoms with Crippen molar-refractivity contribution in [1.29, 1.82) is 0 Å². The molecule has 0 aliphatic heterocycles. The number of hydrogen-bond acceptors (Lipinski definition) is 3. The number of nitro groups is 1. The Balaban J connectivity index is 2.31. The van der Waals surface area contributed by atoms with E-state index in [2.05, 4.69) is 5.32 Å². The molecule has 1 N–H and O–H groups in total. The van der Waals surface area contributed by atoms with Gasteiger partial charge in [-0.25, -0.2) is 0 Å². The van der Waals surface area contributed by atoms with Crippen LogP contribution in [0.4, 0.5) is 5.69 Å². The lowest BCUT2D eigenvalue weighted by atomic mass is 9.97. The van der Waals surface area contributed by atoms with Gasteiger partial charge in [-0.1, -0.05) is 55.5 Å². The largest absolute Gasteiger partial charge is 0.310 e. The van der Waals surface area contributed by atoms with Gasteiger partial charge in [0.2, 0.25) is 0 Å². The topological polar surface area (TPSA) is 55.2 Å². The van der Waals surface area contributed by atoms with Crippen LogP contribution in [0, 0.1) is 10.1 Å². The molecule has 0 heterocycles. The molecule has 0 bridgehead atoms. The SMILES string of the molecule is CCNC(Cc1ccccc1)c1ccccc1[N+](=O)[O-]. The fourth-order valence-electron chi connectivity index (χ4n) is 2.34. The molecule has 2 aromatic rings. The van der Waals surface area contributed by atoms with E-state index in [0.29, 0.717) is 0 Å². The Hall–Kier alpha value is -2.20. The second-order valence-corrected chi connectivity index (χ2v) is 4.62. The molecule has 1 atom stereocenters. The minimum atomic E-state index is -0.315. The quantitative estimate of drug-likeness (QED) is 0.645. The molecule has 20 heavy (non-hydrogen) atoms. The molecule has 0 saturated heterocycles. The Kier molecular flexibility index (Phi) is 4.85. The number of benzene rings is 2. The summed E-state index contributed by atoms with van der Waals surface area (Å²) in [5.41, 5.74) is 2.08. The zero-order chi connectivity index (χ0) is 14.4. The van der Waals surface area contributed by atoms with Crippen molar-refractivity contribution in [3.8, 4) is 0 Å². The van der Waals surface area contributed by atoms with E-state index in [-0.39, 0.29) is 16.7 Å². The zero-order valence-corrected chi connectivity index (χ0v) is 11.5. The van der Waals surface area contributed by atoms with Crippen LogP contribution >= 0.6 is 0 Å². The van der Waals surface area contributed by atoms with Crippen molar-refractivity contribution in [2.75, 3.05) is 6.54 Å². The predicted octanol–water partition coefficient (Wildman–Crippen LogP) is 3.49. The van der Waals surface area contributed by atoms with Crippen molar-refractivity contribution in [3.05, 3.63) is 75.8 Å². The normalized spacial score (nSPS) is 12.1. The van der Waals surface area contributed by atoms with Crippen molar-refractivity contribution < 1.29 is 4.92 Å². The van der Waals surface area contributed by atoms with E-state index in [9.17, 15) is 10.1 Å². The first-order chi connectivity index (χ1) is 9.72. The number of hydrogen-bond donors (Lipinski definition) is 1. The first kappa shape index (κ1) is 14.2. The van der Waals surface area contributed by atoms with Crippen molar-refractivity contribution in [2.24, 2.45) is 0 Å². The third kappa shape index (κ3) is 3.42. The highest BCUT2D eigenvalue weighted by Crippen LogP contribution is 2.27. The van der Waals surface area contributed by atoms with Gasteiger partial charge in [0.25, 0.3) is 5.69 Å². The fraction of sp³-hybridized carbons (Fsp3) is 0.250. The highest BCUT2D eigenvalue weighted by atomic mass is 16.6. The summed E-state index contributed by atoms with van der Waals surface area (Å²) in [6, 6.07) is 16.9. The van der Waals surface area contributed by atoms with Gasteiger partial charge in [0.1, 0.15) is 0 Å². The maximum absolute atomic E-state index is 11.2. The van der Waals surface area contributed by atoms with Crippen LogP contribution in [0.1, 0.15) is 24.1 Å². The Morgan fingerprint density at radius 1 is 1.10 bits per heavy atom. The number of likely N-dealkylation sites (N-methyl/N-ethyl adjacent to an activating group) is 1. The Morgan fingerprint density at radius 2 is 1.75 bits per heavy atom. The Morgan fingerprint density at radius 3 is 2.40 bits per heavy atom. The van der Waals surface area contributed by atoms with Gasteiger partial charge in [-0.05, 0) is 18.5 Å². The fourth-order valence-corrected chi connectivity index (χ4v) is 2.34. The highest BCUT2D eigenvalue weighted by molar-refractivity contribution is 5.42. The van der Waals surface area contributed by atoms with Crippen molar-refractivity contribution in [1.82, 2.24) is 5.32 Å². The van der Waals surface area contributed by atoms with Crippen LogP contribution in [-0.2, 0) is 6.42 Å². The molecule has 4 nitrogen and oxygen atoms in total. The summed E-state index contributed by atoms with van der Waals surface area (Å²) in [6.07, 6.45) is 0.736. The van der Waals surface area contributed by atoms with Gasteiger partial charge >= 0.3 is 0 Å². The number of rotatable bonds is 6. The molecule has 0 saturated carbocycles. The van der Waals surface area contributed by atoms with Crippen molar-refractivity contribution in [3.63, 3.8) is 0 Å². The molecule has 2 rings (SSSR count). The maximum atomic E-state index is 11.2. The van der Waals surface area contributed by atoms with Crippen LogP contribution in [0.2, 0.25) is 0 Å². The lowest BCUT2D eigenvalue weighted by Crippen LogP contribution is -2.23. The van der Waals surface area contributed by atoms with Crippen LogP contribution < -0.4 is 5.32 Å². The second-order valence-electron chi connectivity index (χ2n) is 4.62. The summed E-state index contributed by atoms with van der Waals surface area (Å²) < 4.78 is 0. The second kappa shape index (κ2) is 6.82. The third-order valence-electron chi connectivity index (χ3n) is 3.24. The predicted molar refractivity (Wildman–Crippen MR) is 79.7 cm³/mol. The Bertz CT molecular complexity index is 570. The third-order valence-corrected chi connectivity index (χ3v) is 3.24. The van der Waals surface area contributed by atoms with Crippen LogP contribution in [0.15, 0.2) is 54.6 Å². The number of nitrogens with one attached hydrogen (secondary N) is 1. The van der Waals surface area contributed by atoms with Gasteiger partial charge in [0.05, 0.1) is 4.92 Å². The van der Waals surface area contributed by atoms with Gasteiger partial charge in [0.15, 0.2) is 0 Å². The zero-order valence-electron chi connectivity index (χ0n) is 11.5. The summed E-state index contributed by atoms with van der Waals surface area (Å²) in [7, 11) is 0. The van der Waals surface area contributed by atoms with E-state index in [1.807, 2.05) is 49.4 Å². The molecule has 1 unspecified atom stereocenters. The van der Waals surface area contributed by atoms with Crippen LogP contribution in [0.25, 0.3) is 0 Å². The molecule has 0 aliphatic carbocycles. The summed E-state index contributed by atoms with van der Waals surface area (Å²) in [5, 5.41) is 14.5. The summed E-state index contributed by atoms with van der Waals surface area (Å²) in [5.74, 6) is 0. The van der Waals surface area contributed by atoms with E-state index in [1.165, 1.54) is 0 Å². The summed E-state index contributed by atoms with van der Waals surface area (Å²) >= 11 is 0. The molecule has 0 aliphatic rings. The molecular weight excluding hydrogens is 252 g/mol. The maximum Gasteiger partial charge on any atom is 0.274 e. The number of para-hydroxylation sites is 1. The Labute approximate surface area is 118 Å². The van der Waals surface area contributed by atoms with Crippen LogP contribution in [0.3, 0.4) is 0 Å². The molecule has 0 spiro atoms. The van der Waals surface area contributed by atoms with E-state index >= 15 is 0 Å². The highest BCUT2D eigenvalue weighted by Gasteiger charge is 2.20. The van der Waals surface area contributed by atoms with Gasteiger partial charge in [-0.15, -0.1) is 0 Å². The standard InChI is InChI=1S/C16H18N2O2/c1-2-17-15(12-13-8-4-3-5-9-13)14-10-6-7-11-16(14)18(19)20/h3-11,15,17H,2,12H2,1H3. The first-order valence-electron chi connectivity index (χ1n) is 6.73. The summed E-state index contributed by atoms with van der Waals surface area (Å²) in [4.78, 5) is 10.8. The molecular formula is C16H18N2O2. The smallest absolute Gasteiger partial charge is 0.274 e. The molecule has 0 aromatic heterocycles. The van der Waals surface area contributed by atoms with Crippen LogP contribution in [0.5, 0.6) is 0 Å². The van der Waals surface area contributed by atoms with Crippen molar-refractivity contribution >= 4 is 5.69 Å². The monoisotopic (exact) mass is 270 g/mol. The average molecular weight is 270 g/mol. The average Bonchev–Trinajstić information content (AvgIpc) is 2.48. The molecule has 0 radical (unpaired) electrons. The molecule has 2 aromatic carbocycles. The van der Waals surface area contributed by atoms with Crippen molar-refractivity contribution in [2.45, 2.75) is 19.4 Å².